The number of hydrogen-bond donors (Lipinski definition) is 0. The molecule has 0 atom stereocenters. The number of aliphatic imine (C=N–C) groups is 2. The van der Waals surface area contributed by atoms with E-state index in [1.54, 1.807) is 19.3 Å². The maximum Gasteiger partial charge on any atom is 0.0701 e. The molecule has 0 radical (unpaired) electrons. The maximum atomic E-state index is 4.57. The Hall–Kier alpha value is -7.49. The topological polar surface area (TPSA) is 37.6 Å². The predicted octanol–water partition coefficient (Wildman–Crippen LogP) is 14.3. The quantitative estimate of drug-likeness (QED) is 0.121. The highest BCUT2D eigenvalue weighted by Crippen LogP contribution is 2.42. The second kappa shape index (κ2) is 17.1. The minimum absolute atomic E-state index is 0.871. The van der Waals surface area contributed by atoms with E-state index in [4.69, 9.17) is 0 Å². The number of benzene rings is 7. The molecular weight excluding hydrogens is 703 g/mol. The molecule has 0 aliphatic carbocycles. The monoisotopic (exact) mass is 745 g/mol. The summed E-state index contributed by atoms with van der Waals surface area (Å²) < 4.78 is 0. The van der Waals surface area contributed by atoms with Crippen molar-refractivity contribution in [2.45, 2.75) is 6.92 Å². The third kappa shape index (κ3) is 7.80. The summed E-state index contributed by atoms with van der Waals surface area (Å²) in [7, 11) is 1.80. The van der Waals surface area contributed by atoms with Crippen LogP contribution in [0.4, 0.5) is 0 Å². The van der Waals surface area contributed by atoms with Gasteiger partial charge in [-0.15, -0.1) is 0 Å². The Kier molecular flexibility index (Phi) is 11.0. The lowest BCUT2D eigenvalue weighted by Crippen LogP contribution is -1.96. The van der Waals surface area contributed by atoms with Crippen LogP contribution in [0.2, 0.25) is 0 Å². The molecule has 0 unspecified atom stereocenters. The molecule has 0 saturated heterocycles. The highest BCUT2D eigenvalue weighted by atomic mass is 14.7. The zero-order valence-corrected chi connectivity index (χ0v) is 32.8. The predicted molar refractivity (Wildman–Crippen MR) is 247 cm³/mol. The second-order valence-electron chi connectivity index (χ2n) is 14.1. The van der Waals surface area contributed by atoms with Gasteiger partial charge in [0.15, 0.2) is 0 Å². The van der Waals surface area contributed by atoms with Gasteiger partial charge in [-0.2, -0.15) is 0 Å². The highest BCUT2D eigenvalue weighted by Gasteiger charge is 2.16. The van der Waals surface area contributed by atoms with Gasteiger partial charge in [0.05, 0.1) is 11.4 Å². The average molecular weight is 746 g/mol. The van der Waals surface area contributed by atoms with Gasteiger partial charge < -0.3 is 0 Å². The normalized spacial score (nSPS) is 11.6. The number of allylic oxidation sites excluding steroid dienone is 1. The van der Waals surface area contributed by atoms with Gasteiger partial charge in [-0.05, 0) is 121 Å². The van der Waals surface area contributed by atoms with Crippen LogP contribution in [0.1, 0.15) is 18.1 Å². The zero-order valence-electron chi connectivity index (χ0n) is 32.8. The molecule has 0 aliphatic heterocycles. The van der Waals surface area contributed by atoms with Crippen LogP contribution in [-0.2, 0) is 0 Å². The molecule has 0 saturated carbocycles. The molecule has 278 valence electrons. The molecule has 0 spiro atoms. The SMILES string of the molecule is C=C/N=C(\C)c1ccc(-c2ccccc2-c2cc(-c3ccccc3-c3ccc(/C(C=C)=N/C)cc3)cc(-c3ccccc3-c3ccc(-c4ccccn4)cc3)c2)cc1. The summed E-state index contributed by atoms with van der Waals surface area (Å²) >= 11 is 0. The van der Waals surface area contributed by atoms with Gasteiger partial charge in [0, 0.05) is 30.7 Å². The molecule has 8 rings (SSSR count). The molecule has 1 heterocycles. The average Bonchev–Trinajstić information content (AvgIpc) is 3.30. The van der Waals surface area contributed by atoms with Crippen LogP contribution in [0, 0.1) is 0 Å². The van der Waals surface area contributed by atoms with Crippen LogP contribution in [0.5, 0.6) is 0 Å². The van der Waals surface area contributed by atoms with Gasteiger partial charge in [-0.25, -0.2) is 0 Å². The summed E-state index contributed by atoms with van der Waals surface area (Å²) in [6.45, 7) is 9.73. The van der Waals surface area contributed by atoms with Crippen molar-refractivity contribution < 1.29 is 0 Å². The number of pyridine rings is 1. The van der Waals surface area contributed by atoms with E-state index in [1.807, 2.05) is 31.3 Å². The summed E-state index contributed by atoms with van der Waals surface area (Å²) in [5.41, 5.74) is 19.8. The van der Waals surface area contributed by atoms with Crippen molar-refractivity contribution in [3.63, 3.8) is 0 Å². The molecule has 0 aliphatic rings. The largest absolute Gasteiger partial charge is 0.288 e. The molecule has 0 bridgehead atoms. The van der Waals surface area contributed by atoms with Gasteiger partial charge in [0.2, 0.25) is 0 Å². The molecule has 0 N–H and O–H groups in total. The van der Waals surface area contributed by atoms with E-state index in [0.717, 1.165) is 101 Å². The second-order valence-corrected chi connectivity index (χ2v) is 14.1. The van der Waals surface area contributed by atoms with E-state index < -0.39 is 0 Å². The number of nitrogens with zero attached hydrogens (tertiary/aromatic N) is 3. The lowest BCUT2D eigenvalue weighted by molar-refractivity contribution is 1.33. The van der Waals surface area contributed by atoms with Crippen molar-refractivity contribution in [2.75, 3.05) is 7.05 Å². The fourth-order valence-electron chi connectivity index (χ4n) is 7.67. The van der Waals surface area contributed by atoms with E-state index in [1.165, 1.54) is 0 Å². The smallest absolute Gasteiger partial charge is 0.0701 e. The first-order valence-corrected chi connectivity index (χ1v) is 19.5. The van der Waals surface area contributed by atoms with Crippen LogP contribution in [0.15, 0.2) is 224 Å². The summed E-state index contributed by atoms with van der Waals surface area (Å²) in [5.74, 6) is 0. The lowest BCUT2D eigenvalue weighted by Gasteiger charge is -2.18. The Bertz CT molecular complexity index is 2790. The van der Waals surface area contributed by atoms with E-state index in [0.29, 0.717) is 0 Å². The van der Waals surface area contributed by atoms with Gasteiger partial charge >= 0.3 is 0 Å². The van der Waals surface area contributed by atoms with Crippen molar-refractivity contribution in [2.24, 2.45) is 9.98 Å². The number of aromatic nitrogens is 1. The molecular formula is C55H43N3. The fraction of sp³-hybridized carbons (Fsp3) is 0.0364. The molecule has 0 fully saturated rings. The van der Waals surface area contributed by atoms with Gasteiger partial charge in [-0.3, -0.25) is 15.0 Å². The summed E-state index contributed by atoms with van der Waals surface area (Å²) in [6, 6.07) is 65.1. The zero-order chi connectivity index (χ0) is 39.8. The first-order valence-electron chi connectivity index (χ1n) is 19.5. The van der Waals surface area contributed by atoms with Crippen LogP contribution < -0.4 is 0 Å². The fourth-order valence-corrected chi connectivity index (χ4v) is 7.67. The molecule has 3 heteroatoms. The Balaban J connectivity index is 1.30. The van der Waals surface area contributed by atoms with Gasteiger partial charge in [-0.1, -0.05) is 165 Å². The van der Waals surface area contributed by atoms with E-state index >= 15 is 0 Å². The third-order valence-corrected chi connectivity index (χ3v) is 10.6. The minimum Gasteiger partial charge on any atom is -0.288 e. The first kappa shape index (κ1) is 37.4. The van der Waals surface area contributed by atoms with E-state index in [9.17, 15) is 0 Å². The number of rotatable bonds is 11. The maximum absolute atomic E-state index is 4.57. The van der Waals surface area contributed by atoms with Crippen LogP contribution >= 0.6 is 0 Å². The Morgan fingerprint density at radius 2 is 0.828 bits per heavy atom. The third-order valence-electron chi connectivity index (χ3n) is 10.6. The molecule has 3 nitrogen and oxygen atoms in total. The lowest BCUT2D eigenvalue weighted by atomic mass is 9.86. The standard InChI is InChI=1S/C55H43N3/c1-5-54(56-4)43-30-26-41(27-31-43)49-16-8-11-19-52(49)46-35-45(51-18-10-7-15-48(51)40-24-22-39(23-25-40)38(3)57-6-2)36-47(37-46)53-20-12-9-17-50(53)42-28-32-44(33-29-42)55-21-13-14-34-58-55/h5-37H,1-2H2,3-4H3/b56-54+,57-38+. The van der Waals surface area contributed by atoms with E-state index in [2.05, 4.69) is 192 Å². The highest BCUT2D eigenvalue weighted by molar-refractivity contribution is 6.08. The molecule has 8 aromatic rings. The molecule has 58 heavy (non-hydrogen) atoms. The Labute approximate surface area is 341 Å². The van der Waals surface area contributed by atoms with Crippen LogP contribution in [0.3, 0.4) is 0 Å². The first-order chi connectivity index (χ1) is 28.5. The molecule has 0 amide bonds. The summed E-state index contributed by atoms with van der Waals surface area (Å²) in [5, 5.41) is 0. The van der Waals surface area contributed by atoms with Gasteiger partial charge in [0.1, 0.15) is 0 Å². The molecule has 7 aromatic carbocycles. The Morgan fingerprint density at radius 3 is 1.21 bits per heavy atom. The van der Waals surface area contributed by atoms with Crippen molar-refractivity contribution in [1.29, 1.82) is 0 Å². The van der Waals surface area contributed by atoms with Crippen molar-refractivity contribution in [3.8, 4) is 78.0 Å². The number of hydrogen-bond acceptors (Lipinski definition) is 3. The van der Waals surface area contributed by atoms with Gasteiger partial charge in [0.25, 0.3) is 0 Å². The van der Waals surface area contributed by atoms with Crippen LogP contribution in [0.25, 0.3) is 78.0 Å². The minimum atomic E-state index is 0.871. The Morgan fingerprint density at radius 1 is 0.448 bits per heavy atom. The molecule has 1 aromatic heterocycles. The van der Waals surface area contributed by atoms with Crippen molar-refractivity contribution in [1.82, 2.24) is 4.98 Å². The van der Waals surface area contributed by atoms with Crippen molar-refractivity contribution in [3.05, 3.63) is 225 Å². The summed E-state index contributed by atoms with van der Waals surface area (Å²) in [6.07, 6.45) is 5.22. The van der Waals surface area contributed by atoms with Crippen LogP contribution in [-0.4, -0.2) is 23.5 Å². The summed E-state index contributed by atoms with van der Waals surface area (Å²) in [4.78, 5) is 13.4. The van der Waals surface area contributed by atoms with Crippen molar-refractivity contribution >= 4 is 11.4 Å². The van der Waals surface area contributed by atoms with E-state index in [-0.39, 0.29) is 0 Å².